The Morgan fingerprint density at radius 2 is 2.15 bits per heavy atom. The summed E-state index contributed by atoms with van der Waals surface area (Å²) in [5, 5.41) is 10.4. The molecule has 2 aliphatic heterocycles. The van der Waals surface area contributed by atoms with Crippen molar-refractivity contribution in [2.45, 2.75) is 56.5 Å². The molecule has 5 N–H and O–H groups in total. The summed E-state index contributed by atoms with van der Waals surface area (Å²) >= 11 is 0. The van der Waals surface area contributed by atoms with Crippen LogP contribution in [-0.2, 0) is 6.42 Å². The van der Waals surface area contributed by atoms with E-state index < -0.39 is 5.91 Å². The molecule has 0 bridgehead atoms. The van der Waals surface area contributed by atoms with Gasteiger partial charge in [0, 0.05) is 48.4 Å². The zero-order valence-corrected chi connectivity index (χ0v) is 19.1. The fourth-order valence-corrected chi connectivity index (χ4v) is 5.63. The van der Waals surface area contributed by atoms with Crippen molar-refractivity contribution in [3.63, 3.8) is 0 Å². The fraction of sp³-hybridized carbons (Fsp3) is 0.500. The highest BCUT2D eigenvalue weighted by atomic mass is 19.1. The minimum Gasteiger partial charge on any atom is -0.489 e. The summed E-state index contributed by atoms with van der Waals surface area (Å²) in [5.41, 5.74) is 10.1. The maximum absolute atomic E-state index is 13.8. The molecule has 5 rings (SSSR count). The van der Waals surface area contributed by atoms with Gasteiger partial charge in [0.15, 0.2) is 0 Å². The number of anilines is 2. The molecule has 33 heavy (non-hydrogen) atoms. The van der Waals surface area contributed by atoms with Crippen molar-refractivity contribution in [3.8, 4) is 5.75 Å². The van der Waals surface area contributed by atoms with Crippen molar-refractivity contribution in [1.82, 2.24) is 5.32 Å². The number of nitrogens with two attached hydrogens (primary N) is 1. The van der Waals surface area contributed by atoms with Gasteiger partial charge in [0.1, 0.15) is 18.2 Å². The van der Waals surface area contributed by atoms with Crippen molar-refractivity contribution in [1.29, 1.82) is 0 Å². The monoisotopic (exact) mass is 452 g/mol. The molecule has 0 radical (unpaired) electrons. The Morgan fingerprint density at radius 1 is 1.30 bits per heavy atom. The molecule has 7 heteroatoms. The number of halogens is 1. The van der Waals surface area contributed by atoms with E-state index in [1.165, 1.54) is 25.3 Å². The molecule has 2 aromatic rings. The molecule has 0 aromatic heterocycles. The van der Waals surface area contributed by atoms with Gasteiger partial charge in [0.25, 0.3) is 0 Å². The molecule has 0 saturated heterocycles. The van der Waals surface area contributed by atoms with Gasteiger partial charge in [-0.25, -0.2) is 4.39 Å². The van der Waals surface area contributed by atoms with E-state index in [0.717, 1.165) is 47.6 Å². The molecule has 1 amide bonds. The molecule has 2 aromatic carbocycles. The van der Waals surface area contributed by atoms with Gasteiger partial charge >= 0.3 is 0 Å². The lowest BCUT2D eigenvalue weighted by Gasteiger charge is -2.39. The van der Waals surface area contributed by atoms with Crippen LogP contribution in [0, 0.1) is 11.7 Å². The van der Waals surface area contributed by atoms with Gasteiger partial charge < -0.3 is 26.4 Å². The number of amides is 1. The standard InChI is InChI=1S/C26H33FN4O2/c1-29-24-10-7-19(26(28)32)21-12-18(14-33-25(21)24)31-22(15-3-2-4-15)8-5-16-13-30-23-9-6-17(27)11-20(16)23/h6-7,9-11,15-16,18,22,29-31H,2-5,8,12-14H2,1H3,(H2,28,32). The molecule has 3 aliphatic rings. The van der Waals surface area contributed by atoms with Crippen molar-refractivity contribution in [2.75, 3.05) is 30.8 Å². The minimum absolute atomic E-state index is 0.125. The van der Waals surface area contributed by atoms with E-state index >= 15 is 0 Å². The maximum Gasteiger partial charge on any atom is 0.249 e. The molecule has 1 saturated carbocycles. The highest BCUT2D eigenvalue weighted by Crippen LogP contribution is 2.39. The first-order valence-corrected chi connectivity index (χ1v) is 12.1. The average molecular weight is 453 g/mol. The molecule has 0 spiro atoms. The second kappa shape index (κ2) is 9.21. The minimum atomic E-state index is -0.423. The summed E-state index contributed by atoms with van der Waals surface area (Å²) in [6.07, 6.45) is 6.53. The SMILES string of the molecule is CNc1ccc(C(N)=O)c2c1OCC(NC(CCC1CNc3ccc(F)cc31)C1CCC1)C2. The van der Waals surface area contributed by atoms with Crippen LogP contribution in [0.5, 0.6) is 5.75 Å². The summed E-state index contributed by atoms with van der Waals surface area (Å²) in [6.45, 7) is 1.43. The van der Waals surface area contributed by atoms with Crippen LogP contribution in [0.4, 0.5) is 15.8 Å². The largest absolute Gasteiger partial charge is 0.489 e. The van der Waals surface area contributed by atoms with Crippen LogP contribution in [-0.4, -0.2) is 38.2 Å². The molecule has 1 aliphatic carbocycles. The predicted molar refractivity (Wildman–Crippen MR) is 129 cm³/mol. The number of primary amides is 1. The number of ether oxygens (including phenoxy) is 1. The fourth-order valence-electron chi connectivity index (χ4n) is 5.63. The number of nitrogens with one attached hydrogen (secondary N) is 3. The molecule has 3 unspecified atom stereocenters. The smallest absolute Gasteiger partial charge is 0.249 e. The Labute approximate surface area is 194 Å². The number of hydrogen-bond donors (Lipinski definition) is 4. The first kappa shape index (κ1) is 22.0. The molecular formula is C26H33FN4O2. The van der Waals surface area contributed by atoms with Gasteiger partial charge in [0.05, 0.1) is 5.69 Å². The second-order valence-electron chi connectivity index (χ2n) is 9.65. The quantitative estimate of drug-likeness (QED) is 0.486. The molecule has 6 nitrogen and oxygen atoms in total. The van der Waals surface area contributed by atoms with Crippen molar-refractivity contribution in [2.24, 2.45) is 11.7 Å². The van der Waals surface area contributed by atoms with E-state index in [1.807, 2.05) is 19.2 Å². The second-order valence-corrected chi connectivity index (χ2v) is 9.65. The van der Waals surface area contributed by atoms with E-state index in [4.69, 9.17) is 10.5 Å². The normalized spacial score (nSPS) is 22.4. The highest BCUT2D eigenvalue weighted by Gasteiger charge is 2.33. The Bertz CT molecular complexity index is 1040. The van der Waals surface area contributed by atoms with Crippen LogP contribution < -0.4 is 26.4 Å². The lowest BCUT2D eigenvalue weighted by atomic mass is 9.76. The van der Waals surface area contributed by atoms with Crippen molar-refractivity contribution < 1.29 is 13.9 Å². The van der Waals surface area contributed by atoms with Crippen molar-refractivity contribution >= 4 is 17.3 Å². The predicted octanol–water partition coefficient (Wildman–Crippen LogP) is 4.02. The number of hydrogen-bond acceptors (Lipinski definition) is 5. The average Bonchev–Trinajstić information content (AvgIpc) is 3.17. The topological polar surface area (TPSA) is 88.4 Å². The zero-order valence-electron chi connectivity index (χ0n) is 19.1. The number of fused-ring (bicyclic) bond motifs is 2. The highest BCUT2D eigenvalue weighted by molar-refractivity contribution is 5.96. The van der Waals surface area contributed by atoms with Crippen LogP contribution >= 0.6 is 0 Å². The first-order valence-electron chi connectivity index (χ1n) is 12.1. The summed E-state index contributed by atoms with van der Waals surface area (Å²) < 4.78 is 19.9. The van der Waals surface area contributed by atoms with Crippen LogP contribution in [0.2, 0.25) is 0 Å². The number of rotatable bonds is 8. The van der Waals surface area contributed by atoms with Gasteiger partial charge in [-0.05, 0) is 73.9 Å². The zero-order chi connectivity index (χ0) is 22.9. The summed E-state index contributed by atoms with van der Waals surface area (Å²) in [7, 11) is 1.85. The first-order chi connectivity index (χ1) is 16.0. The van der Waals surface area contributed by atoms with Crippen LogP contribution in [0.1, 0.15) is 59.5 Å². The van der Waals surface area contributed by atoms with E-state index in [0.29, 0.717) is 36.5 Å². The van der Waals surface area contributed by atoms with E-state index in [-0.39, 0.29) is 11.9 Å². The van der Waals surface area contributed by atoms with Crippen molar-refractivity contribution in [3.05, 3.63) is 52.8 Å². The molecule has 1 fully saturated rings. The van der Waals surface area contributed by atoms with Gasteiger partial charge in [-0.2, -0.15) is 0 Å². The maximum atomic E-state index is 13.8. The van der Waals surface area contributed by atoms with Crippen LogP contribution in [0.15, 0.2) is 30.3 Å². The van der Waals surface area contributed by atoms with Crippen LogP contribution in [0.3, 0.4) is 0 Å². The Kier molecular flexibility index (Phi) is 6.15. The lowest BCUT2D eigenvalue weighted by molar-refractivity contribution is 0.0997. The molecule has 2 heterocycles. The molecule has 176 valence electrons. The Morgan fingerprint density at radius 3 is 2.88 bits per heavy atom. The van der Waals surface area contributed by atoms with E-state index in [9.17, 15) is 9.18 Å². The van der Waals surface area contributed by atoms with Gasteiger partial charge in [-0.1, -0.05) is 6.42 Å². The lowest BCUT2D eigenvalue weighted by Crippen LogP contribution is -2.49. The third-order valence-corrected chi connectivity index (χ3v) is 7.66. The van der Waals surface area contributed by atoms with Gasteiger partial charge in [0.2, 0.25) is 5.91 Å². The van der Waals surface area contributed by atoms with E-state index in [1.54, 1.807) is 12.1 Å². The molecular weight excluding hydrogens is 419 g/mol. The summed E-state index contributed by atoms with van der Waals surface area (Å²) in [6, 6.07) is 9.19. The summed E-state index contributed by atoms with van der Waals surface area (Å²) in [5.74, 6) is 1.14. The third-order valence-electron chi connectivity index (χ3n) is 7.66. The number of benzene rings is 2. The number of carbonyl (C=O) groups excluding carboxylic acids is 1. The Balaban J connectivity index is 1.28. The Hall–Kier alpha value is -2.80. The summed E-state index contributed by atoms with van der Waals surface area (Å²) in [4.78, 5) is 12.0. The van der Waals surface area contributed by atoms with Gasteiger partial charge in [-0.3, -0.25) is 4.79 Å². The molecule has 3 atom stereocenters. The number of carbonyl (C=O) groups is 1. The van der Waals surface area contributed by atoms with Gasteiger partial charge in [-0.15, -0.1) is 0 Å². The third kappa shape index (κ3) is 4.38. The van der Waals surface area contributed by atoms with Crippen LogP contribution in [0.25, 0.3) is 0 Å². The van der Waals surface area contributed by atoms with E-state index in [2.05, 4.69) is 16.0 Å².